The van der Waals surface area contributed by atoms with E-state index in [1.54, 1.807) is 45.5 Å². The summed E-state index contributed by atoms with van der Waals surface area (Å²) in [6.45, 7) is 10.2. The molecule has 14 heteroatoms. The summed E-state index contributed by atoms with van der Waals surface area (Å²) < 4.78 is 5.25. The van der Waals surface area contributed by atoms with Crippen molar-refractivity contribution in [3.8, 4) is 0 Å². The van der Waals surface area contributed by atoms with Gasteiger partial charge in [0, 0.05) is 18.2 Å². The molecule has 3 amide bonds. The topological polar surface area (TPSA) is 204 Å². The molecule has 42 heavy (non-hydrogen) atoms. The molecule has 0 saturated carbocycles. The van der Waals surface area contributed by atoms with Crippen molar-refractivity contribution in [1.29, 1.82) is 0 Å². The number of thiazole rings is 1. The summed E-state index contributed by atoms with van der Waals surface area (Å²) in [6, 6.07) is -3.02. The largest absolute Gasteiger partial charge is 0.481 e. The Balaban J connectivity index is 2.71. The summed E-state index contributed by atoms with van der Waals surface area (Å²) >= 11 is 1.32. The first-order chi connectivity index (χ1) is 19.5. The summed E-state index contributed by atoms with van der Waals surface area (Å²) in [5.74, 6) is -3.68. The number of aliphatic carboxylic acids is 1. The number of nitrogens with zero attached hydrogens (tertiary/aromatic N) is 1. The van der Waals surface area contributed by atoms with E-state index in [2.05, 4.69) is 20.9 Å². The number of aliphatic hydroxyl groups is 2. The monoisotopic (exact) mass is 614 g/mol. The lowest BCUT2D eigenvalue weighted by molar-refractivity contribution is -0.155. The molecule has 0 aliphatic rings. The van der Waals surface area contributed by atoms with E-state index >= 15 is 0 Å². The van der Waals surface area contributed by atoms with Crippen LogP contribution in [0.3, 0.4) is 0 Å². The van der Waals surface area contributed by atoms with Gasteiger partial charge in [-0.05, 0) is 46.5 Å². The molecule has 1 aromatic rings. The van der Waals surface area contributed by atoms with Crippen molar-refractivity contribution >= 4 is 41.0 Å². The summed E-state index contributed by atoms with van der Waals surface area (Å²) in [7, 11) is 0. The molecule has 0 aromatic carbocycles. The number of unbranched alkanes of at least 4 members (excludes halogenated alkanes) is 1. The maximum atomic E-state index is 13.1. The van der Waals surface area contributed by atoms with Gasteiger partial charge in [-0.25, -0.2) is 4.98 Å². The van der Waals surface area contributed by atoms with Crippen LogP contribution in [0.25, 0.3) is 0 Å². The number of carbonyl (C=O) groups is 5. The highest BCUT2D eigenvalue weighted by atomic mass is 32.1. The second-order valence-electron chi connectivity index (χ2n) is 11.7. The Bertz CT molecular complexity index is 1030. The van der Waals surface area contributed by atoms with E-state index in [1.165, 1.54) is 18.3 Å². The number of amides is 3. The molecule has 0 aliphatic heterocycles. The number of carboxylic acids is 1. The second-order valence-corrected chi connectivity index (χ2v) is 12.4. The van der Waals surface area contributed by atoms with Crippen molar-refractivity contribution in [3.05, 3.63) is 16.6 Å². The summed E-state index contributed by atoms with van der Waals surface area (Å²) in [4.78, 5) is 65.6. The SMILES string of the molecule is CC(C)[C@@H](NC(=O)[C@@H](C)NC(=O)[C@@H](Cc1cscn1)NC(=O)C[C@H](O)CCCCC(=O)OC(C)(C)C)[C@@H](O)CC(=O)O. The van der Waals surface area contributed by atoms with E-state index in [0.717, 1.165) is 0 Å². The standard InChI is InChI=1S/C28H46N4O9S/c1-16(2)25(21(34)13-23(36)37)32-26(39)17(3)30-27(40)20(11-18-14-42-15-29-18)31-22(35)12-19(33)9-7-8-10-24(38)41-28(4,5)6/h14-17,19-21,25,33-34H,7-13H2,1-6H3,(H,30,40)(H,31,35)(H,32,39)(H,36,37)/t17-,19-,20-,21+,25-/m1/s1. The van der Waals surface area contributed by atoms with Crippen LogP contribution in [0.15, 0.2) is 10.9 Å². The van der Waals surface area contributed by atoms with Gasteiger partial charge in [-0.2, -0.15) is 0 Å². The molecular weight excluding hydrogens is 568 g/mol. The average Bonchev–Trinajstić information content (AvgIpc) is 3.35. The zero-order valence-corrected chi connectivity index (χ0v) is 26.0. The fourth-order valence-corrected chi connectivity index (χ4v) is 4.62. The van der Waals surface area contributed by atoms with Crippen molar-refractivity contribution in [2.24, 2.45) is 5.92 Å². The molecule has 6 N–H and O–H groups in total. The number of aliphatic hydroxyl groups excluding tert-OH is 2. The van der Waals surface area contributed by atoms with Crippen molar-refractivity contribution in [3.63, 3.8) is 0 Å². The predicted octanol–water partition coefficient (Wildman–Crippen LogP) is 1.30. The lowest BCUT2D eigenvalue weighted by Crippen LogP contribution is -2.56. The highest BCUT2D eigenvalue weighted by Crippen LogP contribution is 2.13. The number of rotatable bonds is 18. The smallest absolute Gasteiger partial charge is 0.306 e. The van der Waals surface area contributed by atoms with Crippen molar-refractivity contribution < 1.29 is 44.0 Å². The first-order valence-electron chi connectivity index (χ1n) is 14.1. The molecular formula is C28H46N4O9S. The van der Waals surface area contributed by atoms with Gasteiger partial charge in [0.2, 0.25) is 17.7 Å². The number of nitrogens with one attached hydrogen (secondary N) is 3. The normalized spacial score (nSPS) is 15.2. The second kappa shape index (κ2) is 17.8. The molecule has 0 bridgehead atoms. The minimum Gasteiger partial charge on any atom is -0.481 e. The molecule has 13 nitrogen and oxygen atoms in total. The molecule has 0 unspecified atom stereocenters. The van der Waals surface area contributed by atoms with Crippen LogP contribution in [0.1, 0.15) is 85.8 Å². The van der Waals surface area contributed by atoms with Gasteiger partial charge in [0.05, 0.1) is 42.3 Å². The van der Waals surface area contributed by atoms with Crippen LogP contribution in [0.2, 0.25) is 0 Å². The van der Waals surface area contributed by atoms with E-state index < -0.39 is 66.0 Å². The Kier molecular flexibility index (Phi) is 15.6. The van der Waals surface area contributed by atoms with Crippen molar-refractivity contribution in [2.45, 2.75) is 122 Å². The minimum absolute atomic E-state index is 0.0489. The Morgan fingerprint density at radius 1 is 0.976 bits per heavy atom. The average molecular weight is 615 g/mol. The van der Waals surface area contributed by atoms with E-state index in [-0.39, 0.29) is 37.6 Å². The Hall–Kier alpha value is -3.10. The third-order valence-corrected chi connectivity index (χ3v) is 6.77. The molecule has 0 spiro atoms. The van der Waals surface area contributed by atoms with Crippen LogP contribution in [-0.4, -0.2) is 85.9 Å². The van der Waals surface area contributed by atoms with Crippen molar-refractivity contribution in [1.82, 2.24) is 20.9 Å². The summed E-state index contributed by atoms with van der Waals surface area (Å²) in [5.41, 5.74) is 1.56. The minimum atomic E-state index is -1.32. The molecule has 1 rings (SSSR count). The predicted molar refractivity (Wildman–Crippen MR) is 155 cm³/mol. The summed E-state index contributed by atoms with van der Waals surface area (Å²) in [5, 5.41) is 39.0. The highest BCUT2D eigenvalue weighted by molar-refractivity contribution is 7.07. The molecule has 0 fully saturated rings. The number of carbonyl (C=O) groups excluding carboxylic acids is 4. The van der Waals surface area contributed by atoms with Crippen LogP contribution in [0, 0.1) is 5.92 Å². The Labute approximate surface area is 250 Å². The zero-order valence-electron chi connectivity index (χ0n) is 25.2. The number of hydrogen-bond acceptors (Lipinski definition) is 10. The maximum Gasteiger partial charge on any atom is 0.306 e. The van der Waals surface area contributed by atoms with Crippen LogP contribution >= 0.6 is 11.3 Å². The molecule has 238 valence electrons. The fourth-order valence-electron chi connectivity index (χ4n) is 4.05. The third kappa shape index (κ3) is 15.2. The Morgan fingerprint density at radius 2 is 1.64 bits per heavy atom. The van der Waals surface area contributed by atoms with Crippen LogP contribution < -0.4 is 16.0 Å². The van der Waals surface area contributed by atoms with E-state index in [9.17, 15) is 34.2 Å². The highest BCUT2D eigenvalue weighted by Gasteiger charge is 2.30. The van der Waals surface area contributed by atoms with Crippen LogP contribution in [-0.2, 0) is 35.1 Å². The van der Waals surface area contributed by atoms with Gasteiger partial charge in [-0.15, -0.1) is 11.3 Å². The third-order valence-electron chi connectivity index (χ3n) is 6.14. The van der Waals surface area contributed by atoms with Gasteiger partial charge in [-0.1, -0.05) is 20.3 Å². The van der Waals surface area contributed by atoms with Gasteiger partial charge >= 0.3 is 11.9 Å². The fraction of sp³-hybridized carbons (Fsp3) is 0.714. The molecule has 5 atom stereocenters. The van der Waals surface area contributed by atoms with Gasteiger partial charge in [0.25, 0.3) is 0 Å². The number of aromatic nitrogens is 1. The number of carboxylic acid groups (broad SMARTS) is 1. The van der Waals surface area contributed by atoms with Gasteiger partial charge in [-0.3, -0.25) is 24.0 Å². The molecule has 0 saturated heterocycles. The van der Waals surface area contributed by atoms with Crippen molar-refractivity contribution in [2.75, 3.05) is 0 Å². The summed E-state index contributed by atoms with van der Waals surface area (Å²) in [6.07, 6.45) is -1.60. The van der Waals surface area contributed by atoms with E-state index in [0.29, 0.717) is 18.5 Å². The molecule has 1 heterocycles. The first-order valence-corrected chi connectivity index (χ1v) is 15.0. The molecule has 1 aromatic heterocycles. The number of esters is 1. The van der Waals surface area contributed by atoms with Crippen LogP contribution in [0.5, 0.6) is 0 Å². The molecule has 0 radical (unpaired) electrons. The van der Waals surface area contributed by atoms with Gasteiger partial charge in [0.1, 0.15) is 17.7 Å². The quantitative estimate of drug-likeness (QED) is 0.103. The lowest BCUT2D eigenvalue weighted by atomic mass is 9.96. The van der Waals surface area contributed by atoms with Crippen LogP contribution in [0.4, 0.5) is 0 Å². The Morgan fingerprint density at radius 3 is 2.19 bits per heavy atom. The first kappa shape index (κ1) is 36.9. The van der Waals surface area contributed by atoms with Gasteiger partial charge < -0.3 is 36.0 Å². The number of ether oxygens (including phenoxy) is 1. The van der Waals surface area contributed by atoms with E-state index in [4.69, 9.17) is 9.84 Å². The number of hydrogen-bond donors (Lipinski definition) is 6. The van der Waals surface area contributed by atoms with E-state index in [1.807, 2.05) is 0 Å². The molecule has 0 aliphatic carbocycles. The maximum absolute atomic E-state index is 13.1. The lowest BCUT2D eigenvalue weighted by Gasteiger charge is -2.28. The van der Waals surface area contributed by atoms with Gasteiger partial charge in [0.15, 0.2) is 0 Å². The zero-order chi connectivity index (χ0) is 32.0.